The molecule has 0 amide bonds. The van der Waals surface area contributed by atoms with Crippen LogP contribution in [0, 0.1) is 11.8 Å². The van der Waals surface area contributed by atoms with Crippen LogP contribution in [0.3, 0.4) is 0 Å². The highest BCUT2D eigenvalue weighted by Crippen LogP contribution is 2.42. The Balaban J connectivity index is 2.81. The second kappa shape index (κ2) is 13.6. The van der Waals surface area contributed by atoms with Gasteiger partial charge in [-0.05, 0) is 67.2 Å². The van der Waals surface area contributed by atoms with E-state index in [1.807, 2.05) is 30.3 Å². The summed E-state index contributed by atoms with van der Waals surface area (Å²) >= 11 is 0. The number of nitrogens with zero attached hydrogens (tertiary/aromatic N) is 1. The molecule has 4 nitrogen and oxygen atoms in total. The fourth-order valence-electron chi connectivity index (χ4n) is 4.99. The summed E-state index contributed by atoms with van der Waals surface area (Å²) in [5.41, 5.74) is 0. The number of hydrogen-bond acceptors (Lipinski definition) is 4. The van der Waals surface area contributed by atoms with Crippen LogP contribution in [0.15, 0.2) is 62.7 Å². The van der Waals surface area contributed by atoms with Gasteiger partial charge in [-0.15, -0.1) is 0 Å². The Bertz CT molecular complexity index is 1050. The summed E-state index contributed by atoms with van der Waals surface area (Å²) in [5, 5.41) is 0.0427. The Morgan fingerprint density at radius 3 is 2.08 bits per heavy atom. The maximum absolute atomic E-state index is 15.0. The molecule has 1 aliphatic rings. The molecular weight excluding hydrogens is 523 g/mol. The summed E-state index contributed by atoms with van der Waals surface area (Å²) in [6, 6.07) is 13.1. The summed E-state index contributed by atoms with van der Waals surface area (Å²) in [6.07, 6.45) is 8.18. The van der Waals surface area contributed by atoms with Gasteiger partial charge in [0.2, 0.25) is 0 Å². The molecule has 0 aromatic heterocycles. The molecule has 0 heterocycles. The van der Waals surface area contributed by atoms with E-state index in [4.69, 9.17) is 8.85 Å². The van der Waals surface area contributed by atoms with Crippen molar-refractivity contribution < 1.29 is 13.1 Å². The minimum atomic E-state index is -2.87. The van der Waals surface area contributed by atoms with Gasteiger partial charge < -0.3 is 8.85 Å². The van der Waals surface area contributed by atoms with Crippen molar-refractivity contribution >= 4 is 26.4 Å². The van der Waals surface area contributed by atoms with Crippen LogP contribution >= 0.6 is 0 Å². The summed E-state index contributed by atoms with van der Waals surface area (Å²) in [7, 11) is -5.20. The second-order valence-electron chi connectivity index (χ2n) is 12.6. The molecule has 7 heteroatoms. The van der Waals surface area contributed by atoms with E-state index in [2.05, 4.69) is 91.1 Å². The summed E-state index contributed by atoms with van der Waals surface area (Å²) in [5.74, 6) is 0.382. The lowest BCUT2D eigenvalue weighted by atomic mass is 9.89. The fraction of sp³-hybridized carbons (Fsp3) is 0.677. The Hall–Kier alpha value is -0.996. The average Bonchev–Trinajstić information content (AvgIpc) is 2.96. The lowest BCUT2D eigenvalue weighted by Crippen LogP contribution is -2.45. The molecule has 0 aliphatic heterocycles. The largest absolute Gasteiger partial charge is 0.410 e. The van der Waals surface area contributed by atoms with Crippen LogP contribution in [0.25, 0.3) is 0 Å². The fourth-order valence-corrected chi connectivity index (χ4v) is 11.3. The van der Waals surface area contributed by atoms with Crippen molar-refractivity contribution in [2.45, 2.75) is 122 Å². The highest BCUT2D eigenvalue weighted by Gasteiger charge is 2.42. The van der Waals surface area contributed by atoms with E-state index in [-0.39, 0.29) is 23.2 Å². The Morgan fingerprint density at radius 2 is 1.61 bits per heavy atom. The van der Waals surface area contributed by atoms with Crippen molar-refractivity contribution in [1.82, 2.24) is 0 Å². The van der Waals surface area contributed by atoms with E-state index in [1.165, 1.54) is 0 Å². The Kier molecular flexibility index (Phi) is 11.9. The first kappa shape index (κ1) is 33.2. The number of benzene rings is 1. The molecular formula is C31H55NO3SSi2. The van der Waals surface area contributed by atoms with Crippen LogP contribution in [0.4, 0.5) is 0 Å². The molecule has 1 aromatic carbocycles. The van der Waals surface area contributed by atoms with Crippen molar-refractivity contribution in [3.63, 3.8) is 0 Å². The first-order valence-corrected chi connectivity index (χ1v) is 21.6. The predicted molar refractivity (Wildman–Crippen MR) is 170 cm³/mol. The normalized spacial score (nSPS) is 25.5. The highest BCUT2D eigenvalue weighted by molar-refractivity contribution is 7.97. The molecule has 1 aliphatic carbocycles. The van der Waals surface area contributed by atoms with E-state index < -0.39 is 26.4 Å². The van der Waals surface area contributed by atoms with E-state index in [0.29, 0.717) is 5.92 Å². The van der Waals surface area contributed by atoms with Gasteiger partial charge in [-0.2, -0.15) is 0 Å². The lowest BCUT2D eigenvalue weighted by Gasteiger charge is -2.40. The maximum Gasteiger partial charge on any atom is 0.192 e. The van der Waals surface area contributed by atoms with Gasteiger partial charge in [0.15, 0.2) is 16.6 Å². The first-order chi connectivity index (χ1) is 17.7. The van der Waals surface area contributed by atoms with Gasteiger partial charge in [0, 0.05) is 13.0 Å². The second-order valence-corrected chi connectivity index (χ2v) is 24.4. The molecule has 2 rings (SSSR count). The van der Waals surface area contributed by atoms with Crippen molar-refractivity contribution in [3.05, 3.63) is 53.5 Å². The Morgan fingerprint density at radius 1 is 1.03 bits per heavy atom. The van der Waals surface area contributed by atoms with Crippen molar-refractivity contribution in [1.29, 1.82) is 0 Å². The topological polar surface area (TPSA) is 47.9 Å². The van der Waals surface area contributed by atoms with Crippen molar-refractivity contribution in [2.24, 2.45) is 16.2 Å². The van der Waals surface area contributed by atoms with Gasteiger partial charge >= 0.3 is 0 Å². The van der Waals surface area contributed by atoms with Crippen LogP contribution in [0.5, 0.6) is 0 Å². The van der Waals surface area contributed by atoms with Crippen LogP contribution in [0.1, 0.15) is 68.2 Å². The average molecular weight is 578 g/mol. The molecule has 0 saturated heterocycles. The lowest BCUT2D eigenvalue weighted by molar-refractivity contribution is 0.160. The predicted octanol–water partition coefficient (Wildman–Crippen LogP) is 9.43. The third-order valence-corrected chi connectivity index (χ3v) is 20.5. The van der Waals surface area contributed by atoms with E-state index in [1.54, 1.807) is 7.05 Å². The number of hydrogen-bond donors (Lipinski definition) is 0. The molecule has 0 fully saturated rings. The quantitative estimate of drug-likeness (QED) is 0.205. The third-order valence-electron chi connectivity index (χ3n) is 8.95. The first-order valence-electron chi connectivity index (χ1n) is 14.6. The summed E-state index contributed by atoms with van der Waals surface area (Å²) in [6.45, 7) is 22.7. The van der Waals surface area contributed by atoms with Gasteiger partial charge in [0.05, 0.1) is 22.0 Å². The SMILES string of the molecule is CC[Si](CC)(CC)O[C@H]1/C=C\CC[C@@H](O[Si](C)(C)C(C)(C)C)/C(S(=O)(=NC)c2ccccc2)=C\[C@H]1C(C)C. The van der Waals surface area contributed by atoms with Crippen LogP contribution in [0.2, 0.25) is 36.3 Å². The minimum Gasteiger partial charge on any atom is -0.410 e. The maximum atomic E-state index is 15.0. The molecule has 0 N–H and O–H groups in total. The molecule has 1 unspecified atom stereocenters. The van der Waals surface area contributed by atoms with E-state index >= 15 is 4.21 Å². The molecule has 0 bridgehead atoms. The zero-order valence-corrected chi connectivity index (χ0v) is 28.9. The van der Waals surface area contributed by atoms with Gasteiger partial charge in [0.25, 0.3) is 0 Å². The van der Waals surface area contributed by atoms with E-state index in [0.717, 1.165) is 40.8 Å². The number of allylic oxidation sites excluding steroid dienone is 1. The monoisotopic (exact) mass is 577 g/mol. The zero-order valence-electron chi connectivity index (χ0n) is 26.0. The van der Waals surface area contributed by atoms with Crippen LogP contribution < -0.4 is 0 Å². The van der Waals surface area contributed by atoms with Crippen molar-refractivity contribution in [3.8, 4) is 0 Å². The smallest absolute Gasteiger partial charge is 0.192 e. The molecule has 0 radical (unpaired) electrons. The molecule has 38 heavy (non-hydrogen) atoms. The summed E-state index contributed by atoms with van der Waals surface area (Å²) < 4.78 is 33.9. The van der Waals surface area contributed by atoms with E-state index in [9.17, 15) is 0 Å². The van der Waals surface area contributed by atoms with Gasteiger partial charge in [-0.25, -0.2) is 8.57 Å². The highest BCUT2D eigenvalue weighted by atomic mass is 32.2. The molecule has 0 saturated carbocycles. The molecule has 4 atom stereocenters. The summed E-state index contributed by atoms with van der Waals surface area (Å²) in [4.78, 5) is 1.59. The van der Waals surface area contributed by atoms with Crippen LogP contribution in [-0.4, -0.2) is 40.1 Å². The Labute approximate surface area is 237 Å². The molecule has 0 spiro atoms. The van der Waals surface area contributed by atoms with Crippen LogP contribution in [-0.2, 0) is 18.6 Å². The van der Waals surface area contributed by atoms with Gasteiger partial charge in [-0.3, -0.25) is 0 Å². The standard InChI is InChI=1S/C31H55NO3SSi2/c1-12-38(13-2,14-3)35-28-22-18-19-23-29(34-37(10,11)31(6,7)8)30(24-27(28)25(4)5)36(33,32-9)26-20-16-15-17-21-26/h15-18,20-22,24-25,27-29H,12-14,19,23H2,1-11H3/b22-18-,30-24+/t27-,28-,29+,36?/m0/s1. The molecule has 1 aromatic rings. The van der Waals surface area contributed by atoms with Crippen molar-refractivity contribution in [2.75, 3.05) is 7.05 Å². The number of rotatable bonds is 10. The van der Waals surface area contributed by atoms with Gasteiger partial charge in [0.1, 0.15) is 9.73 Å². The minimum absolute atomic E-state index is 0.0422. The zero-order chi connectivity index (χ0) is 28.8. The van der Waals surface area contributed by atoms with Gasteiger partial charge in [-0.1, -0.05) is 91.8 Å². The third kappa shape index (κ3) is 7.59. The molecule has 216 valence electrons.